The molecule has 0 aromatic heterocycles. The molecule has 2 aromatic carbocycles. The van der Waals surface area contributed by atoms with E-state index in [0.717, 1.165) is 10.0 Å². The quantitative estimate of drug-likeness (QED) is 0.721. The van der Waals surface area contributed by atoms with Crippen LogP contribution in [0.15, 0.2) is 59.1 Å². The molecule has 1 aliphatic rings. The summed E-state index contributed by atoms with van der Waals surface area (Å²) in [5.74, 6) is -0.0172. The second-order valence-electron chi connectivity index (χ2n) is 5.20. The van der Waals surface area contributed by atoms with Crippen molar-refractivity contribution >= 4 is 31.6 Å². The van der Waals surface area contributed by atoms with Crippen LogP contribution in [0.1, 0.15) is 5.56 Å². The number of halogens is 1. The normalized spacial score (nSPS) is 17.2. The van der Waals surface area contributed by atoms with Crippen molar-refractivity contribution in [2.45, 2.75) is 11.9 Å². The summed E-state index contributed by atoms with van der Waals surface area (Å²) < 4.78 is 33.2. The highest BCUT2D eigenvalue weighted by atomic mass is 79.9. The van der Waals surface area contributed by atoms with Crippen LogP contribution in [0.4, 0.5) is 5.69 Å². The van der Waals surface area contributed by atoms with Crippen LogP contribution in [0, 0.1) is 0 Å². The average Bonchev–Trinajstić information content (AvgIpc) is 3.30. The van der Waals surface area contributed by atoms with Gasteiger partial charge in [0.25, 0.3) is 0 Å². The molecule has 0 radical (unpaired) electrons. The topological polar surface area (TPSA) is 49.9 Å². The second-order valence-corrected chi connectivity index (χ2v) is 8.01. The van der Waals surface area contributed by atoms with Crippen molar-refractivity contribution in [1.29, 1.82) is 0 Å². The largest absolute Gasteiger partial charge is 0.371 e. The van der Waals surface area contributed by atoms with Crippen molar-refractivity contribution in [3.8, 4) is 0 Å². The number of rotatable bonds is 6. The molecule has 6 heteroatoms. The minimum atomic E-state index is -3.46. The van der Waals surface area contributed by atoms with Crippen LogP contribution in [0.5, 0.6) is 0 Å². The highest BCUT2D eigenvalue weighted by Crippen LogP contribution is 2.25. The molecule has 0 amide bonds. The fraction of sp³-hybridized carbons (Fsp3) is 0.250. The van der Waals surface area contributed by atoms with Gasteiger partial charge in [0.05, 0.1) is 30.7 Å². The van der Waals surface area contributed by atoms with Crippen LogP contribution in [0.25, 0.3) is 0 Å². The predicted molar refractivity (Wildman–Crippen MR) is 90.3 cm³/mol. The number of ether oxygens (including phenoxy) is 1. The van der Waals surface area contributed by atoms with Crippen molar-refractivity contribution < 1.29 is 13.2 Å². The first kappa shape index (κ1) is 15.5. The molecule has 4 nitrogen and oxygen atoms in total. The lowest BCUT2D eigenvalue weighted by Crippen LogP contribution is -2.35. The van der Waals surface area contributed by atoms with Gasteiger partial charge < -0.3 is 4.74 Å². The lowest BCUT2D eigenvalue weighted by Gasteiger charge is -2.24. The average molecular weight is 382 g/mol. The third-order valence-electron chi connectivity index (χ3n) is 3.41. The van der Waals surface area contributed by atoms with Crippen LogP contribution in [0.3, 0.4) is 0 Å². The van der Waals surface area contributed by atoms with Gasteiger partial charge in [0.15, 0.2) is 0 Å². The molecule has 1 fully saturated rings. The molecule has 1 saturated heterocycles. The summed E-state index contributed by atoms with van der Waals surface area (Å²) in [7, 11) is -3.46. The molecule has 22 heavy (non-hydrogen) atoms. The first-order chi connectivity index (χ1) is 10.5. The van der Waals surface area contributed by atoms with Gasteiger partial charge >= 0.3 is 0 Å². The van der Waals surface area contributed by atoms with E-state index in [1.165, 1.54) is 4.31 Å². The minimum Gasteiger partial charge on any atom is -0.371 e. The van der Waals surface area contributed by atoms with E-state index in [9.17, 15) is 8.42 Å². The molecule has 116 valence electrons. The molecule has 1 heterocycles. The Morgan fingerprint density at radius 1 is 1.09 bits per heavy atom. The standard InChI is InChI=1S/C16H16BrNO3S/c17-14-6-8-15(9-7-14)18(10-16-11-21-16)22(19,20)12-13-4-2-1-3-5-13/h1-9,16H,10-12H2. The van der Waals surface area contributed by atoms with E-state index < -0.39 is 10.0 Å². The monoisotopic (exact) mass is 381 g/mol. The number of hydrogen-bond acceptors (Lipinski definition) is 3. The summed E-state index contributed by atoms with van der Waals surface area (Å²) in [6.07, 6.45) is -0.00537. The Balaban J connectivity index is 1.88. The number of sulfonamides is 1. The lowest BCUT2D eigenvalue weighted by molar-refractivity contribution is 0.412. The fourth-order valence-electron chi connectivity index (χ4n) is 2.21. The molecule has 1 atom stereocenters. The van der Waals surface area contributed by atoms with Gasteiger partial charge in [0.1, 0.15) is 0 Å². The van der Waals surface area contributed by atoms with E-state index in [-0.39, 0.29) is 11.9 Å². The zero-order valence-corrected chi connectivity index (χ0v) is 14.3. The van der Waals surface area contributed by atoms with E-state index in [2.05, 4.69) is 15.9 Å². The maximum atomic E-state index is 12.8. The lowest BCUT2D eigenvalue weighted by atomic mass is 10.2. The molecule has 2 aromatic rings. The maximum Gasteiger partial charge on any atom is 0.239 e. The van der Waals surface area contributed by atoms with Crippen LogP contribution in [0.2, 0.25) is 0 Å². The van der Waals surface area contributed by atoms with Crippen molar-refractivity contribution in [3.05, 3.63) is 64.6 Å². The van der Waals surface area contributed by atoms with E-state index in [4.69, 9.17) is 4.74 Å². The zero-order chi connectivity index (χ0) is 15.6. The van der Waals surface area contributed by atoms with Gasteiger partial charge in [-0.1, -0.05) is 46.3 Å². The number of anilines is 1. The van der Waals surface area contributed by atoms with Crippen molar-refractivity contribution in [3.63, 3.8) is 0 Å². The Labute approximate surface area is 138 Å². The van der Waals surface area contributed by atoms with E-state index in [0.29, 0.717) is 18.8 Å². The molecule has 0 N–H and O–H groups in total. The van der Waals surface area contributed by atoms with Gasteiger partial charge in [0, 0.05) is 4.47 Å². The number of benzene rings is 2. The first-order valence-electron chi connectivity index (χ1n) is 6.96. The summed E-state index contributed by atoms with van der Waals surface area (Å²) in [6.45, 7) is 0.977. The summed E-state index contributed by atoms with van der Waals surface area (Å²) in [5.41, 5.74) is 1.44. The Kier molecular flexibility index (Phi) is 4.52. The Hall–Kier alpha value is -1.37. The van der Waals surface area contributed by atoms with Gasteiger partial charge in [-0.2, -0.15) is 0 Å². The van der Waals surface area contributed by atoms with Gasteiger partial charge in [-0.3, -0.25) is 4.31 Å². The van der Waals surface area contributed by atoms with E-state index in [1.54, 1.807) is 12.1 Å². The van der Waals surface area contributed by atoms with Crippen molar-refractivity contribution in [2.75, 3.05) is 17.5 Å². The second kappa shape index (κ2) is 6.40. The Morgan fingerprint density at radius 3 is 2.32 bits per heavy atom. The van der Waals surface area contributed by atoms with Crippen LogP contribution in [-0.4, -0.2) is 27.7 Å². The van der Waals surface area contributed by atoms with Crippen molar-refractivity contribution in [1.82, 2.24) is 0 Å². The summed E-state index contributed by atoms with van der Waals surface area (Å²) in [6, 6.07) is 16.5. The first-order valence-corrected chi connectivity index (χ1v) is 9.36. The Morgan fingerprint density at radius 2 is 1.73 bits per heavy atom. The molecule has 0 saturated carbocycles. The molecule has 1 aliphatic heterocycles. The number of epoxide rings is 1. The fourth-order valence-corrected chi connectivity index (χ4v) is 4.08. The smallest absolute Gasteiger partial charge is 0.239 e. The van der Waals surface area contributed by atoms with Crippen LogP contribution >= 0.6 is 15.9 Å². The molecule has 0 bridgehead atoms. The predicted octanol–water partition coefficient (Wildman–Crippen LogP) is 3.18. The highest BCUT2D eigenvalue weighted by molar-refractivity contribution is 9.10. The summed E-state index contributed by atoms with van der Waals surface area (Å²) >= 11 is 3.37. The van der Waals surface area contributed by atoms with E-state index in [1.807, 2.05) is 42.5 Å². The summed E-state index contributed by atoms with van der Waals surface area (Å²) in [4.78, 5) is 0. The SMILES string of the molecule is O=S(=O)(Cc1ccccc1)N(CC1CO1)c1ccc(Br)cc1. The van der Waals surface area contributed by atoms with Crippen LogP contribution < -0.4 is 4.31 Å². The van der Waals surface area contributed by atoms with Gasteiger partial charge in [-0.25, -0.2) is 8.42 Å². The van der Waals surface area contributed by atoms with E-state index >= 15 is 0 Å². The Bertz CT molecular complexity index is 728. The molecule has 1 unspecified atom stereocenters. The molecular formula is C16H16BrNO3S. The third-order valence-corrected chi connectivity index (χ3v) is 5.67. The highest BCUT2D eigenvalue weighted by Gasteiger charge is 2.32. The number of nitrogens with zero attached hydrogens (tertiary/aromatic N) is 1. The molecule has 0 aliphatic carbocycles. The maximum absolute atomic E-state index is 12.8. The zero-order valence-electron chi connectivity index (χ0n) is 11.9. The molecule has 3 rings (SSSR count). The molecule has 0 spiro atoms. The third kappa shape index (κ3) is 3.88. The summed E-state index contributed by atoms with van der Waals surface area (Å²) in [5, 5.41) is 0. The number of hydrogen-bond donors (Lipinski definition) is 0. The van der Waals surface area contributed by atoms with Gasteiger partial charge in [-0.15, -0.1) is 0 Å². The van der Waals surface area contributed by atoms with Gasteiger partial charge in [-0.05, 0) is 29.8 Å². The molecular weight excluding hydrogens is 366 g/mol. The van der Waals surface area contributed by atoms with Crippen LogP contribution in [-0.2, 0) is 20.5 Å². The minimum absolute atomic E-state index is 0.00537. The van der Waals surface area contributed by atoms with Gasteiger partial charge in [0.2, 0.25) is 10.0 Å². The van der Waals surface area contributed by atoms with Crippen molar-refractivity contribution in [2.24, 2.45) is 0 Å².